The van der Waals surface area contributed by atoms with Gasteiger partial charge in [0.25, 0.3) is 0 Å². The predicted molar refractivity (Wildman–Crippen MR) is 62.2 cm³/mol. The van der Waals surface area contributed by atoms with E-state index in [0.717, 1.165) is 0 Å². The fourth-order valence-corrected chi connectivity index (χ4v) is 1.35. The zero-order valence-electron chi connectivity index (χ0n) is 9.59. The molecule has 1 amide bonds. The highest BCUT2D eigenvalue weighted by molar-refractivity contribution is 9.09. The molecule has 0 aliphatic rings. The Morgan fingerprint density at radius 3 is 2.33 bits per heavy atom. The first-order valence-corrected chi connectivity index (χ1v) is 5.94. The van der Waals surface area contributed by atoms with E-state index in [1.807, 2.05) is 0 Å². The Morgan fingerprint density at radius 2 is 1.93 bits per heavy atom. The van der Waals surface area contributed by atoms with Gasteiger partial charge in [-0.1, -0.05) is 22.9 Å². The van der Waals surface area contributed by atoms with Crippen molar-refractivity contribution in [3.05, 3.63) is 0 Å². The van der Waals surface area contributed by atoms with Crippen LogP contribution in [0, 0.1) is 5.92 Å². The van der Waals surface area contributed by atoms with E-state index in [1.54, 1.807) is 27.7 Å². The molecule has 4 nitrogen and oxygen atoms in total. The van der Waals surface area contributed by atoms with Crippen LogP contribution in [0.4, 0.5) is 4.79 Å². The zero-order valence-corrected chi connectivity index (χ0v) is 11.2. The van der Waals surface area contributed by atoms with E-state index in [4.69, 9.17) is 4.74 Å². The van der Waals surface area contributed by atoms with Crippen LogP contribution in [0.3, 0.4) is 0 Å². The number of amides is 1. The van der Waals surface area contributed by atoms with Crippen LogP contribution in [-0.4, -0.2) is 29.4 Å². The monoisotopic (exact) mass is 279 g/mol. The summed E-state index contributed by atoms with van der Waals surface area (Å²) in [7, 11) is 0. The van der Waals surface area contributed by atoms with Gasteiger partial charge in [-0.05, 0) is 20.8 Å². The third-order valence-corrected chi connectivity index (χ3v) is 2.19. The average Bonchev–Trinajstić information content (AvgIpc) is 2.10. The van der Waals surface area contributed by atoms with Crippen molar-refractivity contribution >= 4 is 27.8 Å². The van der Waals surface area contributed by atoms with E-state index >= 15 is 0 Å². The van der Waals surface area contributed by atoms with Crippen molar-refractivity contribution in [2.45, 2.75) is 33.3 Å². The number of alkyl halides is 1. The molecule has 0 aliphatic heterocycles. The highest BCUT2D eigenvalue weighted by Gasteiger charge is 2.17. The third-order valence-electron chi connectivity index (χ3n) is 1.63. The molecule has 1 N–H and O–H groups in total. The topological polar surface area (TPSA) is 55.4 Å². The first-order chi connectivity index (χ1) is 6.76. The summed E-state index contributed by atoms with van der Waals surface area (Å²) in [4.78, 5) is 22.4. The Bertz CT molecular complexity index is 235. The average molecular weight is 280 g/mol. The first kappa shape index (κ1) is 14.4. The van der Waals surface area contributed by atoms with Crippen LogP contribution in [0.25, 0.3) is 0 Å². The van der Waals surface area contributed by atoms with Crippen LogP contribution >= 0.6 is 15.9 Å². The van der Waals surface area contributed by atoms with Gasteiger partial charge in [-0.2, -0.15) is 0 Å². The van der Waals surface area contributed by atoms with Crippen molar-refractivity contribution in [1.29, 1.82) is 0 Å². The lowest BCUT2D eigenvalue weighted by Gasteiger charge is -2.20. The van der Waals surface area contributed by atoms with Gasteiger partial charge in [-0.3, -0.25) is 4.79 Å². The quantitative estimate of drug-likeness (QED) is 0.802. The van der Waals surface area contributed by atoms with Gasteiger partial charge in [0.1, 0.15) is 11.4 Å². The molecule has 0 spiro atoms. The number of carbonyl (C=O) groups is 2. The molecule has 88 valence electrons. The molecule has 0 bridgehead atoms. The van der Waals surface area contributed by atoms with Gasteiger partial charge in [-0.25, -0.2) is 4.79 Å². The number of hydrogen-bond donors (Lipinski definition) is 1. The molecule has 5 heteroatoms. The van der Waals surface area contributed by atoms with Crippen molar-refractivity contribution in [1.82, 2.24) is 5.32 Å². The van der Waals surface area contributed by atoms with E-state index < -0.39 is 11.7 Å². The van der Waals surface area contributed by atoms with E-state index in [9.17, 15) is 9.59 Å². The van der Waals surface area contributed by atoms with Crippen molar-refractivity contribution < 1.29 is 14.3 Å². The van der Waals surface area contributed by atoms with Crippen molar-refractivity contribution in [3.8, 4) is 0 Å². The Hall–Kier alpha value is -0.580. The van der Waals surface area contributed by atoms with E-state index in [0.29, 0.717) is 11.9 Å². The minimum atomic E-state index is -0.507. The molecule has 0 saturated heterocycles. The maximum Gasteiger partial charge on any atom is 0.407 e. The van der Waals surface area contributed by atoms with Crippen LogP contribution in [0.1, 0.15) is 27.7 Å². The molecule has 1 atom stereocenters. The number of alkyl carbamates (subject to hydrolysis) is 1. The summed E-state index contributed by atoms with van der Waals surface area (Å²) in [6.45, 7) is 7.44. The summed E-state index contributed by atoms with van der Waals surface area (Å²) in [6.07, 6.45) is -0.489. The number of Topliss-reactive ketones (excluding diaryl/α,β-unsaturated/α-hetero) is 1. The lowest BCUT2D eigenvalue weighted by Crippen LogP contribution is -2.36. The van der Waals surface area contributed by atoms with Gasteiger partial charge in [0.15, 0.2) is 0 Å². The van der Waals surface area contributed by atoms with Crippen molar-refractivity contribution in [2.75, 3.05) is 11.9 Å². The molecule has 15 heavy (non-hydrogen) atoms. The van der Waals surface area contributed by atoms with Crippen LogP contribution in [0.15, 0.2) is 0 Å². The molecule has 0 aliphatic carbocycles. The summed E-state index contributed by atoms with van der Waals surface area (Å²) in [5, 5.41) is 2.86. The number of nitrogens with one attached hydrogen (secondary N) is 1. The number of hydrogen-bond acceptors (Lipinski definition) is 3. The minimum absolute atomic E-state index is 0.0612. The minimum Gasteiger partial charge on any atom is -0.444 e. The molecule has 0 aromatic rings. The predicted octanol–water partition coefficient (Wildman–Crippen LogP) is 2.11. The number of rotatable bonds is 4. The standard InChI is InChI=1S/C10H18BrNO3/c1-7(8(13)5-11)6-12-9(14)15-10(2,3)4/h7H,5-6H2,1-4H3,(H,12,14). The van der Waals surface area contributed by atoms with Gasteiger partial charge in [0.05, 0.1) is 5.33 Å². The van der Waals surface area contributed by atoms with Crippen LogP contribution in [0.2, 0.25) is 0 Å². The Labute approximate surface area is 98.9 Å². The first-order valence-electron chi connectivity index (χ1n) is 4.82. The molecular formula is C10H18BrNO3. The molecule has 0 heterocycles. The fourth-order valence-electron chi connectivity index (χ4n) is 0.796. The summed E-state index contributed by atoms with van der Waals surface area (Å²) < 4.78 is 5.03. The lowest BCUT2D eigenvalue weighted by molar-refractivity contribution is -0.119. The number of halogens is 1. The van der Waals surface area contributed by atoms with Crippen LogP contribution in [-0.2, 0) is 9.53 Å². The zero-order chi connectivity index (χ0) is 12.1. The largest absolute Gasteiger partial charge is 0.444 e. The van der Waals surface area contributed by atoms with Crippen LogP contribution in [0.5, 0.6) is 0 Å². The normalized spacial score (nSPS) is 13.1. The Balaban J connectivity index is 3.86. The second kappa shape index (κ2) is 6.10. The third kappa shape index (κ3) is 7.36. The highest BCUT2D eigenvalue weighted by atomic mass is 79.9. The van der Waals surface area contributed by atoms with Gasteiger partial charge >= 0.3 is 6.09 Å². The van der Waals surface area contributed by atoms with Gasteiger partial charge in [-0.15, -0.1) is 0 Å². The second-order valence-corrected chi connectivity index (χ2v) is 4.94. The maximum absolute atomic E-state index is 11.2. The summed E-state index contributed by atoms with van der Waals surface area (Å²) in [5.41, 5.74) is -0.507. The van der Waals surface area contributed by atoms with Crippen LogP contribution < -0.4 is 5.32 Å². The van der Waals surface area contributed by atoms with Gasteiger partial charge < -0.3 is 10.1 Å². The summed E-state index contributed by atoms with van der Waals surface area (Å²) in [5.74, 6) is -0.136. The lowest BCUT2D eigenvalue weighted by atomic mass is 10.1. The summed E-state index contributed by atoms with van der Waals surface area (Å²) in [6, 6.07) is 0. The molecule has 0 fully saturated rings. The van der Waals surface area contributed by atoms with Gasteiger partial charge in [0, 0.05) is 12.5 Å². The Kier molecular flexibility index (Phi) is 5.87. The molecular weight excluding hydrogens is 262 g/mol. The van der Waals surface area contributed by atoms with Gasteiger partial charge in [0.2, 0.25) is 0 Å². The molecule has 0 radical (unpaired) electrons. The maximum atomic E-state index is 11.2. The van der Waals surface area contributed by atoms with Crippen molar-refractivity contribution in [3.63, 3.8) is 0 Å². The molecule has 0 aromatic carbocycles. The molecule has 0 rings (SSSR count). The number of ether oxygens (including phenoxy) is 1. The Morgan fingerprint density at radius 1 is 1.40 bits per heavy atom. The fraction of sp³-hybridized carbons (Fsp3) is 0.800. The number of ketones is 1. The second-order valence-electron chi connectivity index (χ2n) is 4.38. The SMILES string of the molecule is CC(CNC(=O)OC(C)(C)C)C(=O)CBr. The summed E-state index contributed by atoms with van der Waals surface area (Å²) >= 11 is 3.08. The smallest absolute Gasteiger partial charge is 0.407 e. The van der Waals surface area contributed by atoms with E-state index in [-0.39, 0.29) is 11.7 Å². The molecule has 0 saturated carbocycles. The van der Waals surface area contributed by atoms with E-state index in [2.05, 4.69) is 21.2 Å². The van der Waals surface area contributed by atoms with Crippen molar-refractivity contribution in [2.24, 2.45) is 5.92 Å². The molecule has 0 aromatic heterocycles. The number of carbonyl (C=O) groups excluding carboxylic acids is 2. The molecule has 1 unspecified atom stereocenters. The highest BCUT2D eigenvalue weighted by Crippen LogP contribution is 2.06. The van der Waals surface area contributed by atoms with E-state index in [1.165, 1.54) is 0 Å².